The molecule has 2 unspecified atom stereocenters. The first-order chi connectivity index (χ1) is 20.4. The minimum Gasteiger partial charge on any atom is -0.475 e. The average Bonchev–Trinajstić information content (AvgIpc) is 3.63. The zero-order valence-electron chi connectivity index (χ0n) is 23.5. The predicted octanol–water partition coefficient (Wildman–Crippen LogP) is 4.16. The van der Waals surface area contributed by atoms with Gasteiger partial charge in [0.1, 0.15) is 5.82 Å². The normalized spacial score (nSPS) is 20.5. The lowest BCUT2D eigenvalue weighted by atomic mass is 9.96. The molecule has 2 atom stereocenters. The van der Waals surface area contributed by atoms with Crippen LogP contribution in [-0.4, -0.2) is 82.8 Å². The number of hydrogen-bond donors (Lipinski definition) is 4. The molecule has 236 valence electrons. The fourth-order valence-electron chi connectivity index (χ4n) is 5.56. The third kappa shape index (κ3) is 9.46. The van der Waals surface area contributed by atoms with Crippen molar-refractivity contribution in [2.75, 3.05) is 32.7 Å². The van der Waals surface area contributed by atoms with E-state index in [1.54, 1.807) is 23.7 Å². The lowest BCUT2D eigenvalue weighted by Crippen LogP contribution is -2.39. The van der Waals surface area contributed by atoms with Crippen molar-refractivity contribution >= 4 is 29.1 Å². The highest BCUT2D eigenvalue weighted by Gasteiger charge is 2.39. The van der Waals surface area contributed by atoms with Crippen molar-refractivity contribution in [1.82, 2.24) is 20.6 Å². The molecule has 2 amide bonds. The van der Waals surface area contributed by atoms with Crippen molar-refractivity contribution in [3.8, 4) is 0 Å². The molecule has 43 heavy (non-hydrogen) atoms. The van der Waals surface area contributed by atoms with E-state index in [0.717, 1.165) is 55.9 Å². The highest BCUT2D eigenvalue weighted by Crippen LogP contribution is 2.41. The first-order valence-corrected chi connectivity index (χ1v) is 15.1. The number of carbonyl (C=O) groups excluding carboxylic acids is 2. The highest BCUT2D eigenvalue weighted by molar-refractivity contribution is 7.14. The van der Waals surface area contributed by atoms with Gasteiger partial charge in [0.2, 0.25) is 5.91 Å². The Hall–Kier alpha value is -3.07. The maximum absolute atomic E-state index is 13.1. The highest BCUT2D eigenvalue weighted by atomic mass is 32.1. The molecule has 1 aromatic carbocycles. The maximum atomic E-state index is 13.1. The van der Waals surface area contributed by atoms with Gasteiger partial charge in [0.25, 0.3) is 5.91 Å². The number of alkyl halides is 3. The lowest BCUT2D eigenvalue weighted by molar-refractivity contribution is -0.192. The molecular formula is C29H36F4N4O5S. The Morgan fingerprint density at radius 3 is 2.37 bits per heavy atom. The van der Waals surface area contributed by atoms with Crippen LogP contribution < -0.4 is 10.8 Å². The van der Waals surface area contributed by atoms with Crippen molar-refractivity contribution in [2.45, 2.75) is 63.2 Å². The van der Waals surface area contributed by atoms with Crippen molar-refractivity contribution in [2.24, 2.45) is 5.92 Å². The summed E-state index contributed by atoms with van der Waals surface area (Å²) in [6.07, 6.45) is 0.614. The molecule has 1 saturated heterocycles. The number of carboxylic acid groups (broad SMARTS) is 1. The number of amides is 2. The Labute approximate surface area is 250 Å². The SMILES string of the molecule is O=C(NO)c1cc2c(s1)CCN(C(=O)CCCN1CCC(CNC3CC3c3ccc(F)cc3)CC1)C2.O=C(O)C(F)(F)F. The number of nitrogens with one attached hydrogen (secondary N) is 2. The number of aliphatic carboxylic acids is 1. The van der Waals surface area contributed by atoms with Gasteiger partial charge >= 0.3 is 12.1 Å². The number of hydroxylamine groups is 1. The van der Waals surface area contributed by atoms with E-state index in [0.29, 0.717) is 42.3 Å². The van der Waals surface area contributed by atoms with E-state index in [2.05, 4.69) is 10.2 Å². The average molecular weight is 629 g/mol. The molecule has 2 aromatic rings. The molecule has 2 aliphatic heterocycles. The maximum Gasteiger partial charge on any atom is 0.490 e. The van der Waals surface area contributed by atoms with E-state index >= 15 is 0 Å². The van der Waals surface area contributed by atoms with E-state index < -0.39 is 18.1 Å². The molecule has 3 heterocycles. The number of thiophene rings is 1. The number of benzene rings is 1. The van der Waals surface area contributed by atoms with Gasteiger partial charge in [-0.2, -0.15) is 13.2 Å². The van der Waals surface area contributed by atoms with Gasteiger partial charge in [-0.3, -0.25) is 14.8 Å². The van der Waals surface area contributed by atoms with Crippen LogP contribution in [0.4, 0.5) is 17.6 Å². The summed E-state index contributed by atoms with van der Waals surface area (Å²) in [5.41, 5.74) is 3.93. The number of hydrogen-bond acceptors (Lipinski definition) is 7. The van der Waals surface area contributed by atoms with Crippen molar-refractivity contribution in [3.63, 3.8) is 0 Å². The van der Waals surface area contributed by atoms with Crippen LogP contribution in [0.3, 0.4) is 0 Å². The second-order valence-electron chi connectivity index (χ2n) is 11.2. The molecule has 14 heteroatoms. The zero-order chi connectivity index (χ0) is 31.1. The number of carbonyl (C=O) groups is 3. The monoisotopic (exact) mass is 628 g/mol. The third-order valence-corrected chi connectivity index (χ3v) is 9.35. The first kappa shape index (κ1) is 32.8. The molecule has 1 saturated carbocycles. The van der Waals surface area contributed by atoms with E-state index in [4.69, 9.17) is 15.1 Å². The Morgan fingerprint density at radius 2 is 1.74 bits per heavy atom. The molecule has 0 bridgehead atoms. The lowest BCUT2D eigenvalue weighted by Gasteiger charge is -2.32. The molecule has 1 aliphatic carbocycles. The Morgan fingerprint density at radius 1 is 1.07 bits per heavy atom. The molecule has 0 spiro atoms. The number of rotatable bonds is 9. The summed E-state index contributed by atoms with van der Waals surface area (Å²) >= 11 is 1.39. The standard InChI is InChI=1S/C27H35FN4O3S.C2HF3O2/c28-21-5-3-19(4-6-21)22-15-23(22)29-16-18-7-11-31(12-8-18)10-1-2-26(33)32-13-9-24-20(17-32)14-25(36-24)27(34)30-35;3-2(4,5)1(6)7/h3-6,14,18,22-23,29,35H,1-2,7-13,15-17H2,(H,30,34);(H,6,7). The van der Waals surface area contributed by atoms with Gasteiger partial charge in [-0.05, 0) is 93.5 Å². The molecule has 4 N–H and O–H groups in total. The van der Waals surface area contributed by atoms with Crippen molar-refractivity contribution < 1.29 is 42.3 Å². The van der Waals surface area contributed by atoms with Gasteiger partial charge in [0.15, 0.2) is 0 Å². The summed E-state index contributed by atoms with van der Waals surface area (Å²) in [6.45, 7) is 5.42. The predicted molar refractivity (Wildman–Crippen MR) is 150 cm³/mol. The van der Waals surface area contributed by atoms with Gasteiger partial charge in [-0.25, -0.2) is 14.7 Å². The van der Waals surface area contributed by atoms with Crippen LogP contribution >= 0.6 is 11.3 Å². The molecule has 3 aliphatic rings. The topological polar surface area (TPSA) is 122 Å². The van der Waals surface area contributed by atoms with Crippen LogP contribution in [0.25, 0.3) is 0 Å². The Kier molecular flexibility index (Phi) is 11.2. The summed E-state index contributed by atoms with van der Waals surface area (Å²) in [6, 6.07) is 9.23. The molecular weight excluding hydrogens is 592 g/mol. The van der Waals surface area contributed by atoms with Crippen LogP contribution in [0.1, 0.15) is 63.7 Å². The van der Waals surface area contributed by atoms with Crippen LogP contribution in [0.15, 0.2) is 30.3 Å². The van der Waals surface area contributed by atoms with E-state index in [-0.39, 0.29) is 11.7 Å². The Balaban J connectivity index is 0.000000541. The second kappa shape index (κ2) is 14.6. The van der Waals surface area contributed by atoms with Crippen LogP contribution in [0, 0.1) is 11.7 Å². The summed E-state index contributed by atoms with van der Waals surface area (Å²) < 4.78 is 44.9. The van der Waals surface area contributed by atoms with Gasteiger partial charge < -0.3 is 20.2 Å². The van der Waals surface area contributed by atoms with Crippen LogP contribution in [-0.2, 0) is 22.6 Å². The second-order valence-corrected chi connectivity index (χ2v) is 12.3. The van der Waals surface area contributed by atoms with E-state index in [1.165, 1.54) is 29.7 Å². The van der Waals surface area contributed by atoms with E-state index in [9.17, 15) is 27.2 Å². The smallest absolute Gasteiger partial charge is 0.475 e. The fraction of sp³-hybridized carbons (Fsp3) is 0.552. The zero-order valence-corrected chi connectivity index (χ0v) is 24.4. The molecule has 0 radical (unpaired) electrons. The fourth-order valence-corrected chi connectivity index (χ4v) is 6.61. The van der Waals surface area contributed by atoms with Crippen molar-refractivity contribution in [3.05, 3.63) is 57.0 Å². The number of likely N-dealkylation sites (tertiary alicyclic amines) is 1. The minimum absolute atomic E-state index is 0.173. The largest absolute Gasteiger partial charge is 0.490 e. The number of fused-ring (bicyclic) bond motifs is 1. The van der Waals surface area contributed by atoms with Gasteiger partial charge in [0.05, 0.1) is 4.88 Å². The van der Waals surface area contributed by atoms with Crippen LogP contribution in [0.2, 0.25) is 0 Å². The number of nitrogens with zero attached hydrogens (tertiary/aromatic N) is 2. The number of carboxylic acids is 1. The molecule has 1 aromatic heterocycles. The van der Waals surface area contributed by atoms with Crippen LogP contribution in [0.5, 0.6) is 0 Å². The van der Waals surface area contributed by atoms with E-state index in [1.807, 2.05) is 17.0 Å². The molecule has 5 rings (SSSR count). The number of halogens is 4. The van der Waals surface area contributed by atoms with Gasteiger partial charge in [-0.15, -0.1) is 11.3 Å². The Bertz CT molecular complexity index is 1260. The van der Waals surface area contributed by atoms with Gasteiger partial charge in [-0.1, -0.05) is 12.1 Å². The van der Waals surface area contributed by atoms with Gasteiger partial charge in [0, 0.05) is 36.3 Å². The quantitative estimate of drug-likeness (QED) is 0.187. The molecule has 9 nitrogen and oxygen atoms in total. The third-order valence-electron chi connectivity index (χ3n) is 8.12. The summed E-state index contributed by atoms with van der Waals surface area (Å²) in [5, 5.41) is 19.7. The summed E-state index contributed by atoms with van der Waals surface area (Å²) in [7, 11) is 0. The first-order valence-electron chi connectivity index (χ1n) is 14.3. The minimum atomic E-state index is -5.08. The summed E-state index contributed by atoms with van der Waals surface area (Å²) in [4.78, 5) is 39.3. The summed E-state index contributed by atoms with van der Waals surface area (Å²) in [5.74, 6) is -2.02. The molecule has 2 fully saturated rings. The van der Waals surface area contributed by atoms with Crippen molar-refractivity contribution in [1.29, 1.82) is 0 Å². The number of piperidine rings is 1.